The van der Waals surface area contributed by atoms with E-state index < -0.39 is 17.6 Å². The average Bonchev–Trinajstić information content (AvgIpc) is 2.73. The van der Waals surface area contributed by atoms with Crippen molar-refractivity contribution in [2.45, 2.75) is 66.5 Å². The zero-order valence-electron chi connectivity index (χ0n) is 21.1. The zero-order valence-corrected chi connectivity index (χ0v) is 23.4. The summed E-state index contributed by atoms with van der Waals surface area (Å²) in [6.45, 7) is 22.9. The van der Waals surface area contributed by atoms with Crippen molar-refractivity contribution < 1.29 is 26.6 Å². The Kier molecular flexibility index (Phi) is 19.2. The molecule has 0 amide bonds. The molecule has 0 radical (unpaired) electrons. The van der Waals surface area contributed by atoms with Crippen molar-refractivity contribution in [3.63, 3.8) is 0 Å². The molecule has 190 valence electrons. The van der Waals surface area contributed by atoms with Gasteiger partial charge in [0.25, 0.3) is 0 Å². The second-order valence-electron chi connectivity index (χ2n) is 7.38. The maximum atomic E-state index is 6.01. The first-order valence-corrected chi connectivity index (χ1v) is 16.7. The minimum atomic E-state index is -2.93. The van der Waals surface area contributed by atoms with Gasteiger partial charge in [0.15, 0.2) is 0 Å². The molecule has 0 saturated carbocycles. The number of nitrogens with zero attached hydrogens (tertiary/aromatic N) is 2. The molecule has 0 saturated heterocycles. The molecular weight excluding hydrogens is 432 g/mol. The van der Waals surface area contributed by atoms with Gasteiger partial charge in [-0.3, -0.25) is 0 Å². The molecule has 0 heterocycles. The van der Waals surface area contributed by atoms with Gasteiger partial charge in [-0.2, -0.15) is 0 Å². The molecule has 0 aliphatic carbocycles. The summed E-state index contributed by atoms with van der Waals surface area (Å²) in [5, 5.41) is 0. The second-order valence-corrected chi connectivity index (χ2v) is 13.7. The molecule has 0 spiro atoms. The molecule has 0 rings (SSSR count). The van der Waals surface area contributed by atoms with E-state index in [2.05, 4.69) is 16.6 Å². The van der Waals surface area contributed by atoms with E-state index in [4.69, 9.17) is 26.6 Å². The van der Waals surface area contributed by atoms with Crippen molar-refractivity contribution in [3.8, 4) is 0 Å². The molecule has 0 fully saturated rings. The van der Waals surface area contributed by atoms with Gasteiger partial charge in [0.1, 0.15) is 0 Å². The molecule has 0 bridgehead atoms. The van der Waals surface area contributed by atoms with Crippen LogP contribution in [-0.2, 0) is 26.6 Å². The Morgan fingerprint density at radius 3 is 1.16 bits per heavy atom. The summed E-state index contributed by atoms with van der Waals surface area (Å²) in [5.41, 5.74) is 0. The van der Waals surface area contributed by atoms with Crippen molar-refractivity contribution in [1.29, 1.82) is 0 Å². The third-order valence-electron chi connectivity index (χ3n) is 5.16. The molecule has 0 aromatic heterocycles. The Labute approximate surface area is 193 Å². The van der Waals surface area contributed by atoms with Crippen LogP contribution in [0.2, 0.25) is 12.1 Å². The molecule has 0 aliphatic rings. The minimum absolute atomic E-state index is 0.620. The third-order valence-corrected chi connectivity index (χ3v) is 12.4. The van der Waals surface area contributed by atoms with Gasteiger partial charge in [0.05, 0.1) is 0 Å². The third kappa shape index (κ3) is 13.2. The van der Waals surface area contributed by atoms with Gasteiger partial charge in [-0.25, -0.2) is 0 Å². The summed E-state index contributed by atoms with van der Waals surface area (Å²) >= 11 is 0. The van der Waals surface area contributed by atoms with Crippen molar-refractivity contribution in [1.82, 2.24) is 4.90 Å². The van der Waals surface area contributed by atoms with E-state index in [1.165, 1.54) is 0 Å². The quantitative estimate of drug-likeness (QED) is 0.163. The Bertz CT molecular complexity index is 369. The predicted octanol–water partition coefficient (Wildman–Crippen LogP) is 3.33. The fraction of sp³-hybridized carbons (Fsp3) is 0.952. The van der Waals surface area contributed by atoms with Gasteiger partial charge in [0, 0.05) is 0 Å². The molecule has 31 heavy (non-hydrogen) atoms. The first kappa shape index (κ1) is 30.8. The number of rotatable bonds is 23. The Morgan fingerprint density at radius 2 is 0.903 bits per heavy atom. The molecule has 0 aromatic carbocycles. The van der Waals surface area contributed by atoms with Gasteiger partial charge in [-0.05, 0) is 0 Å². The molecule has 0 N–H and O–H groups in total. The standard InChI is InChI=1S/C21H50N2O6Si2/c1-8-24-30(25-9-2,26-10-3)20-14-17-23(19-16-22-7)18-15-21-31(27-11-4,28-12-5)29-13-6/h30-31H,7-21H2,1-6H3/q-2. The molecule has 10 heteroatoms. The Hall–Kier alpha value is -0.176. The van der Waals surface area contributed by atoms with Crippen LogP contribution in [0.1, 0.15) is 54.4 Å². The van der Waals surface area contributed by atoms with Crippen LogP contribution in [0.4, 0.5) is 0 Å². The molecule has 0 atom stereocenters. The van der Waals surface area contributed by atoms with Gasteiger partial charge in [-0.15, -0.1) is 0 Å². The van der Waals surface area contributed by atoms with E-state index in [9.17, 15) is 0 Å². The predicted molar refractivity (Wildman–Crippen MR) is 134 cm³/mol. The van der Waals surface area contributed by atoms with Crippen molar-refractivity contribution in [3.05, 3.63) is 0 Å². The SMILES string of the molecule is C=NCCN(CCC[SiH-](OCC)(OCC)OCC)CCC[SiH-](OCC)(OCC)OCC. The summed E-state index contributed by atoms with van der Waals surface area (Å²) in [6.07, 6.45) is 1.93. The summed E-state index contributed by atoms with van der Waals surface area (Å²) in [4.78, 5) is 6.47. The van der Waals surface area contributed by atoms with Crippen LogP contribution in [0, 0.1) is 0 Å². The molecule has 0 unspecified atom stereocenters. The Balaban J connectivity index is 4.88. The van der Waals surface area contributed by atoms with E-state index in [-0.39, 0.29) is 0 Å². The molecule has 8 nitrogen and oxygen atoms in total. The summed E-state index contributed by atoms with van der Waals surface area (Å²) in [7, 11) is -5.86. The molecular formula is C21H50N2O6Si2-2. The number of hydrogen-bond donors (Lipinski definition) is 0. The van der Waals surface area contributed by atoms with E-state index in [1.807, 2.05) is 41.5 Å². The molecule has 0 aromatic rings. The first-order valence-electron chi connectivity index (χ1n) is 12.3. The Morgan fingerprint density at radius 1 is 0.581 bits per heavy atom. The fourth-order valence-electron chi connectivity index (χ4n) is 3.99. The van der Waals surface area contributed by atoms with E-state index in [0.29, 0.717) is 39.6 Å². The summed E-state index contributed by atoms with van der Waals surface area (Å²) in [5.74, 6) is 0. The monoisotopic (exact) mass is 482 g/mol. The van der Waals surface area contributed by atoms with E-state index >= 15 is 0 Å². The van der Waals surface area contributed by atoms with Crippen LogP contribution in [-0.4, -0.2) is 95.0 Å². The fourth-order valence-corrected chi connectivity index (χ4v) is 9.98. The summed E-state index contributed by atoms with van der Waals surface area (Å²) < 4.78 is 36.1. The van der Waals surface area contributed by atoms with Crippen LogP contribution in [0.5, 0.6) is 0 Å². The van der Waals surface area contributed by atoms with Crippen LogP contribution in [0.15, 0.2) is 4.99 Å². The van der Waals surface area contributed by atoms with Crippen LogP contribution in [0.25, 0.3) is 0 Å². The summed E-state index contributed by atoms with van der Waals surface area (Å²) in [6, 6.07) is 1.69. The van der Waals surface area contributed by atoms with E-state index in [1.54, 1.807) is 0 Å². The van der Waals surface area contributed by atoms with Crippen molar-refractivity contribution in [2.75, 3.05) is 65.8 Å². The maximum absolute atomic E-state index is 6.01. The molecule has 0 aliphatic heterocycles. The second kappa shape index (κ2) is 19.3. The van der Waals surface area contributed by atoms with Gasteiger partial charge < -0.3 is 0 Å². The number of aliphatic imine (C=N–C) groups is 1. The van der Waals surface area contributed by atoms with E-state index in [0.717, 1.165) is 51.1 Å². The van der Waals surface area contributed by atoms with Crippen LogP contribution < -0.4 is 0 Å². The zero-order chi connectivity index (χ0) is 23.4. The van der Waals surface area contributed by atoms with Crippen LogP contribution in [0.3, 0.4) is 0 Å². The van der Waals surface area contributed by atoms with Crippen molar-refractivity contribution in [2.24, 2.45) is 4.99 Å². The number of hydrogen-bond acceptors (Lipinski definition) is 8. The van der Waals surface area contributed by atoms with Gasteiger partial charge >= 0.3 is 193 Å². The topological polar surface area (TPSA) is 71.0 Å². The first-order chi connectivity index (χ1) is 15.0. The average molecular weight is 483 g/mol. The van der Waals surface area contributed by atoms with Crippen molar-refractivity contribution >= 4 is 24.3 Å². The van der Waals surface area contributed by atoms with Gasteiger partial charge in [0.2, 0.25) is 0 Å². The normalized spacial score (nSPS) is 13.6. The van der Waals surface area contributed by atoms with Crippen LogP contribution >= 0.6 is 0 Å². The van der Waals surface area contributed by atoms with Gasteiger partial charge in [-0.1, -0.05) is 0 Å².